The van der Waals surface area contributed by atoms with Crippen molar-refractivity contribution < 1.29 is 19.1 Å². The van der Waals surface area contributed by atoms with E-state index in [9.17, 15) is 9.59 Å². The number of carbonyl (C=O) groups is 2. The van der Waals surface area contributed by atoms with Gasteiger partial charge in [-0.15, -0.1) is 0 Å². The third kappa shape index (κ3) is 10.7. The third-order valence-corrected chi connectivity index (χ3v) is 2.88. The molecule has 0 unspecified atom stereocenters. The second-order valence-electron chi connectivity index (χ2n) is 4.71. The molecule has 1 atom stereocenters. The highest BCUT2D eigenvalue weighted by Crippen LogP contribution is 2.14. The summed E-state index contributed by atoms with van der Waals surface area (Å²) < 4.78 is 4.61. The van der Waals surface area contributed by atoms with Gasteiger partial charge in [-0.1, -0.05) is 19.3 Å². The van der Waals surface area contributed by atoms with Gasteiger partial charge in [0.1, 0.15) is 6.04 Å². The number of aliphatic carboxylic acids is 1. The number of nitrogens with two attached hydrogens (primary N) is 3. The van der Waals surface area contributed by atoms with Crippen LogP contribution in [0.4, 0.5) is 0 Å². The van der Waals surface area contributed by atoms with E-state index < -0.39 is 12.0 Å². The first-order chi connectivity index (χ1) is 10.0. The fourth-order valence-corrected chi connectivity index (χ4v) is 1.59. The van der Waals surface area contributed by atoms with Gasteiger partial charge in [-0.05, 0) is 25.0 Å². The first kappa shape index (κ1) is 19.3. The van der Waals surface area contributed by atoms with Crippen LogP contribution in [-0.2, 0) is 4.79 Å². The van der Waals surface area contributed by atoms with E-state index in [1.165, 1.54) is 38.4 Å². The molecule has 120 valence electrons. The van der Waals surface area contributed by atoms with Gasteiger partial charge >= 0.3 is 5.97 Å². The molecule has 0 radical (unpaired) electrons. The lowest BCUT2D eigenvalue weighted by molar-refractivity contribution is -0.138. The fourth-order valence-electron chi connectivity index (χ4n) is 1.59. The minimum Gasteiger partial charge on any atom is -0.480 e. The molecular weight excluding hydrogens is 274 g/mol. The molecule has 7 N–H and O–H groups in total. The van der Waals surface area contributed by atoms with Crippen LogP contribution in [0.2, 0.25) is 0 Å². The van der Waals surface area contributed by atoms with E-state index in [2.05, 4.69) is 4.42 Å². The average molecular weight is 299 g/mol. The molecule has 1 aliphatic carbocycles. The number of rotatable bonds is 3. The van der Waals surface area contributed by atoms with Crippen molar-refractivity contribution in [2.75, 3.05) is 6.54 Å². The zero-order valence-electron chi connectivity index (χ0n) is 12.1. The third-order valence-electron chi connectivity index (χ3n) is 2.88. The minimum absolute atomic E-state index is 0.00463. The van der Waals surface area contributed by atoms with E-state index in [0.717, 1.165) is 0 Å². The van der Waals surface area contributed by atoms with E-state index in [4.69, 9.17) is 22.3 Å². The number of hydrogen-bond acceptors (Lipinski definition) is 6. The highest BCUT2D eigenvalue weighted by molar-refractivity contribution is 5.73. The Morgan fingerprint density at radius 2 is 2.05 bits per heavy atom. The Balaban J connectivity index is 0.000000286. The van der Waals surface area contributed by atoms with Crippen LogP contribution in [0, 0.1) is 0 Å². The summed E-state index contributed by atoms with van der Waals surface area (Å²) in [6.07, 6.45) is 8.79. The lowest BCUT2D eigenvalue weighted by Crippen LogP contribution is -2.37. The Morgan fingerprint density at radius 3 is 2.24 bits per heavy atom. The van der Waals surface area contributed by atoms with E-state index >= 15 is 0 Å². The molecule has 0 bridgehead atoms. The summed E-state index contributed by atoms with van der Waals surface area (Å²) in [4.78, 5) is 19.5. The molecule has 7 nitrogen and oxygen atoms in total. The van der Waals surface area contributed by atoms with Crippen molar-refractivity contribution in [3.8, 4) is 0 Å². The van der Waals surface area contributed by atoms with Crippen molar-refractivity contribution >= 4 is 12.3 Å². The molecule has 2 rings (SSSR count). The molecule has 7 heteroatoms. The molecule has 0 spiro atoms. The van der Waals surface area contributed by atoms with Crippen LogP contribution in [0.1, 0.15) is 42.7 Å². The van der Waals surface area contributed by atoms with E-state index in [0.29, 0.717) is 18.1 Å². The van der Waals surface area contributed by atoms with Crippen LogP contribution in [0.15, 0.2) is 22.8 Å². The minimum atomic E-state index is -1.05. The number of furan rings is 1. The molecule has 0 aromatic carbocycles. The van der Waals surface area contributed by atoms with Crippen LogP contribution >= 0.6 is 0 Å². The van der Waals surface area contributed by atoms with E-state index in [1.807, 2.05) is 0 Å². The van der Waals surface area contributed by atoms with Gasteiger partial charge in [-0.25, -0.2) is 0 Å². The van der Waals surface area contributed by atoms with Crippen LogP contribution in [0.5, 0.6) is 0 Å². The van der Waals surface area contributed by atoms with Crippen molar-refractivity contribution in [1.29, 1.82) is 0 Å². The smallest absolute Gasteiger partial charge is 0.321 e. The van der Waals surface area contributed by atoms with E-state index in [1.54, 1.807) is 12.1 Å². The van der Waals surface area contributed by atoms with Gasteiger partial charge in [0, 0.05) is 12.6 Å². The summed E-state index contributed by atoms with van der Waals surface area (Å²) in [7, 11) is 0. The number of aldehydes is 1. The molecule has 0 saturated heterocycles. The lowest BCUT2D eigenvalue weighted by atomic mass is 9.97. The number of carbonyl (C=O) groups excluding carboxylic acids is 1. The Bertz CT molecular complexity index is 376. The SMILES string of the molecule is NC1CCCCC1.NC[C@H](N)C(=O)O.O=Cc1ccco1. The maximum absolute atomic E-state index is 9.77. The first-order valence-electron chi connectivity index (χ1n) is 6.94. The van der Waals surface area contributed by atoms with Gasteiger partial charge in [-0.3, -0.25) is 9.59 Å². The first-order valence-corrected chi connectivity index (χ1v) is 6.94. The summed E-state index contributed by atoms with van der Waals surface area (Å²) in [6.45, 7) is -0.00463. The Labute approximate surface area is 124 Å². The van der Waals surface area contributed by atoms with Crippen molar-refractivity contribution in [1.82, 2.24) is 0 Å². The zero-order chi connectivity index (χ0) is 16.1. The molecule has 1 aromatic rings. The van der Waals surface area contributed by atoms with Crippen molar-refractivity contribution in [2.45, 2.75) is 44.2 Å². The molecule has 1 aliphatic rings. The van der Waals surface area contributed by atoms with Crippen LogP contribution in [0.3, 0.4) is 0 Å². The molecule has 0 aliphatic heterocycles. The molecule has 1 fully saturated rings. The quantitative estimate of drug-likeness (QED) is 0.601. The van der Waals surface area contributed by atoms with Crippen molar-refractivity contribution in [2.24, 2.45) is 17.2 Å². The molecular formula is C14H25N3O4. The summed E-state index contributed by atoms with van der Waals surface area (Å²) in [5.74, 6) is -0.678. The Kier molecular flexibility index (Phi) is 11.1. The van der Waals surface area contributed by atoms with Crippen LogP contribution in [0.25, 0.3) is 0 Å². The summed E-state index contributed by atoms with van der Waals surface area (Å²) in [6, 6.07) is 2.91. The fraction of sp³-hybridized carbons (Fsp3) is 0.571. The van der Waals surface area contributed by atoms with Gasteiger partial charge in [0.25, 0.3) is 0 Å². The van der Waals surface area contributed by atoms with Gasteiger partial charge in [0.2, 0.25) is 0 Å². The number of hydrogen-bond donors (Lipinski definition) is 4. The lowest BCUT2D eigenvalue weighted by Gasteiger charge is -2.15. The predicted molar refractivity (Wildman–Crippen MR) is 79.8 cm³/mol. The highest BCUT2D eigenvalue weighted by atomic mass is 16.4. The maximum Gasteiger partial charge on any atom is 0.321 e. The molecule has 0 amide bonds. The molecule has 1 heterocycles. The van der Waals surface area contributed by atoms with Gasteiger partial charge in [-0.2, -0.15) is 0 Å². The normalized spacial score (nSPS) is 15.8. The number of carboxylic acid groups (broad SMARTS) is 1. The van der Waals surface area contributed by atoms with Gasteiger partial charge in [0.05, 0.1) is 6.26 Å². The molecule has 1 saturated carbocycles. The predicted octanol–water partition coefficient (Wildman–Crippen LogP) is 0.727. The second-order valence-corrected chi connectivity index (χ2v) is 4.71. The summed E-state index contributed by atoms with van der Waals surface area (Å²) in [5, 5.41) is 7.98. The standard InChI is InChI=1S/C6H13N.C5H4O2.C3H8N2O2/c7-6-4-2-1-3-5-6;6-4-5-2-1-3-7-5;4-1-2(5)3(6)7/h6H,1-5,7H2;1-4H;2H,1,4-5H2,(H,6,7)/t;;2-/m..0/s1. The molecule has 21 heavy (non-hydrogen) atoms. The molecule has 1 aromatic heterocycles. The zero-order valence-corrected chi connectivity index (χ0v) is 12.1. The monoisotopic (exact) mass is 299 g/mol. The summed E-state index contributed by atoms with van der Waals surface area (Å²) in [5.41, 5.74) is 15.4. The van der Waals surface area contributed by atoms with Crippen LogP contribution in [-0.4, -0.2) is 36.0 Å². The highest BCUT2D eigenvalue weighted by Gasteiger charge is 2.06. The number of carboxylic acids is 1. The van der Waals surface area contributed by atoms with Crippen molar-refractivity contribution in [3.63, 3.8) is 0 Å². The Hall–Kier alpha value is -1.70. The van der Waals surface area contributed by atoms with Gasteiger partial charge in [0.15, 0.2) is 12.0 Å². The summed E-state index contributed by atoms with van der Waals surface area (Å²) >= 11 is 0. The largest absolute Gasteiger partial charge is 0.480 e. The van der Waals surface area contributed by atoms with Gasteiger partial charge < -0.3 is 26.7 Å². The van der Waals surface area contributed by atoms with Crippen molar-refractivity contribution in [3.05, 3.63) is 24.2 Å². The Morgan fingerprint density at radius 1 is 1.43 bits per heavy atom. The average Bonchev–Trinajstić information content (AvgIpc) is 3.02. The van der Waals surface area contributed by atoms with E-state index in [-0.39, 0.29) is 6.54 Å². The second kappa shape index (κ2) is 12.1. The maximum atomic E-state index is 9.77. The van der Waals surface area contributed by atoms with Crippen LogP contribution < -0.4 is 17.2 Å². The topological polar surface area (TPSA) is 146 Å².